The van der Waals surface area contributed by atoms with Crippen molar-refractivity contribution in [1.82, 2.24) is 15.0 Å². The molecule has 1 aliphatic heterocycles. The Hall–Kier alpha value is -1.63. The van der Waals surface area contributed by atoms with Crippen molar-refractivity contribution in [3.63, 3.8) is 0 Å². The molecule has 0 aromatic carbocycles. The molecule has 2 heterocycles. The summed E-state index contributed by atoms with van der Waals surface area (Å²) in [5.74, 6) is 1.09. The Kier molecular flexibility index (Phi) is 5.05. The van der Waals surface area contributed by atoms with Gasteiger partial charge in [0, 0.05) is 19.5 Å². The second-order valence-corrected chi connectivity index (χ2v) is 6.71. The van der Waals surface area contributed by atoms with Crippen LogP contribution in [0.2, 0.25) is 0 Å². The zero-order valence-corrected chi connectivity index (χ0v) is 14.0. The molecule has 7 nitrogen and oxygen atoms in total. The van der Waals surface area contributed by atoms with Crippen LogP contribution in [0.3, 0.4) is 0 Å². The number of hydrogen-bond donors (Lipinski definition) is 0. The summed E-state index contributed by atoms with van der Waals surface area (Å²) in [5, 5.41) is 3.81. The van der Waals surface area contributed by atoms with Gasteiger partial charge in [-0.15, -0.1) is 0 Å². The number of carbonyl (C=O) groups is 1. The topological polar surface area (TPSA) is 77.7 Å². The van der Waals surface area contributed by atoms with Gasteiger partial charge in [-0.25, -0.2) is 4.79 Å². The highest BCUT2D eigenvalue weighted by atomic mass is 16.6. The summed E-state index contributed by atoms with van der Waals surface area (Å²) in [5.41, 5.74) is -0.472. The van der Waals surface area contributed by atoms with Crippen LogP contribution in [0.15, 0.2) is 4.52 Å². The van der Waals surface area contributed by atoms with E-state index in [1.54, 1.807) is 11.8 Å². The molecule has 1 aromatic heterocycles. The van der Waals surface area contributed by atoms with Crippen LogP contribution in [-0.2, 0) is 16.1 Å². The van der Waals surface area contributed by atoms with Crippen LogP contribution in [0.4, 0.5) is 4.79 Å². The van der Waals surface area contributed by atoms with Crippen LogP contribution >= 0.6 is 0 Å². The minimum absolute atomic E-state index is 0.0839. The lowest BCUT2D eigenvalue weighted by Crippen LogP contribution is -2.48. The van der Waals surface area contributed by atoms with E-state index in [2.05, 4.69) is 10.1 Å². The van der Waals surface area contributed by atoms with Gasteiger partial charge in [-0.1, -0.05) is 5.16 Å². The number of aromatic nitrogens is 2. The van der Waals surface area contributed by atoms with Gasteiger partial charge in [-0.05, 0) is 40.5 Å². The van der Waals surface area contributed by atoms with Gasteiger partial charge in [0.25, 0.3) is 0 Å². The van der Waals surface area contributed by atoms with Crippen molar-refractivity contribution in [2.75, 3.05) is 6.54 Å². The van der Waals surface area contributed by atoms with E-state index in [0.29, 0.717) is 24.9 Å². The lowest BCUT2D eigenvalue weighted by molar-refractivity contribution is -0.0347. The van der Waals surface area contributed by atoms with E-state index in [4.69, 9.17) is 14.0 Å². The molecule has 2 atom stereocenters. The first-order valence-electron chi connectivity index (χ1n) is 7.65. The smallest absolute Gasteiger partial charge is 0.410 e. The Bertz CT molecular complexity index is 509. The van der Waals surface area contributed by atoms with Crippen molar-refractivity contribution in [2.24, 2.45) is 0 Å². The van der Waals surface area contributed by atoms with E-state index in [-0.39, 0.29) is 18.2 Å². The number of nitrogens with zero attached hydrogens (tertiary/aromatic N) is 3. The second kappa shape index (κ2) is 6.64. The molecule has 7 heteroatoms. The highest BCUT2D eigenvalue weighted by Crippen LogP contribution is 2.23. The molecule has 0 bridgehead atoms. The van der Waals surface area contributed by atoms with Crippen molar-refractivity contribution in [3.05, 3.63) is 11.7 Å². The maximum absolute atomic E-state index is 12.1. The summed E-state index contributed by atoms with van der Waals surface area (Å²) in [7, 11) is 0. The SMILES string of the molecule is Cc1nc(CO[C@H]2CCN(C(=O)OC(C)(C)C)[C@@H](C)C2)no1. The molecule has 1 amide bonds. The fraction of sp³-hybridized carbons (Fsp3) is 0.800. The molecule has 2 rings (SSSR count). The van der Waals surface area contributed by atoms with Crippen LogP contribution in [0.1, 0.15) is 52.3 Å². The summed E-state index contributed by atoms with van der Waals surface area (Å²) < 4.78 is 16.2. The van der Waals surface area contributed by atoms with Crippen LogP contribution in [0, 0.1) is 6.92 Å². The maximum Gasteiger partial charge on any atom is 0.410 e. The van der Waals surface area contributed by atoms with E-state index in [9.17, 15) is 4.79 Å². The summed E-state index contributed by atoms with van der Waals surface area (Å²) in [6.45, 7) is 10.3. The summed E-state index contributed by atoms with van der Waals surface area (Å²) in [6.07, 6.45) is 1.39. The quantitative estimate of drug-likeness (QED) is 0.854. The van der Waals surface area contributed by atoms with Crippen LogP contribution < -0.4 is 0 Å². The Morgan fingerprint density at radius 2 is 2.18 bits per heavy atom. The standard InChI is InChI=1S/C15H25N3O4/c1-10-8-12(20-9-13-16-11(2)22-17-13)6-7-18(10)14(19)21-15(3,4)5/h10,12H,6-9H2,1-5H3/t10-,12-/m0/s1. The molecule has 0 N–H and O–H groups in total. The van der Waals surface area contributed by atoms with Crippen molar-refractivity contribution in [3.8, 4) is 0 Å². The molecule has 0 saturated carbocycles. The van der Waals surface area contributed by atoms with Crippen LogP contribution in [-0.4, -0.2) is 45.4 Å². The summed E-state index contributed by atoms with van der Waals surface area (Å²) in [6, 6.07) is 0.0839. The predicted molar refractivity (Wildman–Crippen MR) is 79.2 cm³/mol. The van der Waals surface area contributed by atoms with E-state index < -0.39 is 5.60 Å². The highest BCUT2D eigenvalue weighted by Gasteiger charge is 2.32. The molecule has 1 aromatic rings. The van der Waals surface area contributed by atoms with Gasteiger partial charge >= 0.3 is 6.09 Å². The number of rotatable bonds is 3. The third-order valence-corrected chi connectivity index (χ3v) is 3.47. The molecule has 0 radical (unpaired) electrons. The number of piperidine rings is 1. The van der Waals surface area contributed by atoms with Crippen LogP contribution in [0.5, 0.6) is 0 Å². The first kappa shape index (κ1) is 16.7. The van der Waals surface area contributed by atoms with E-state index in [0.717, 1.165) is 12.8 Å². The van der Waals surface area contributed by atoms with Gasteiger partial charge < -0.3 is 18.9 Å². The molecular weight excluding hydrogens is 286 g/mol. The Morgan fingerprint density at radius 3 is 2.73 bits per heavy atom. The third kappa shape index (κ3) is 4.69. The van der Waals surface area contributed by atoms with Gasteiger partial charge in [0.05, 0.1) is 6.10 Å². The average Bonchev–Trinajstić information content (AvgIpc) is 2.80. The van der Waals surface area contributed by atoms with Crippen molar-refractivity contribution in [2.45, 2.75) is 71.8 Å². The van der Waals surface area contributed by atoms with Gasteiger partial charge in [-0.2, -0.15) is 4.98 Å². The zero-order valence-electron chi connectivity index (χ0n) is 14.0. The maximum atomic E-state index is 12.1. The zero-order chi connectivity index (χ0) is 16.3. The second-order valence-electron chi connectivity index (χ2n) is 6.71. The van der Waals surface area contributed by atoms with Crippen molar-refractivity contribution < 1.29 is 18.8 Å². The van der Waals surface area contributed by atoms with E-state index in [1.807, 2.05) is 27.7 Å². The van der Waals surface area contributed by atoms with Gasteiger partial charge in [-0.3, -0.25) is 0 Å². The molecule has 0 aliphatic carbocycles. The average molecular weight is 311 g/mol. The Morgan fingerprint density at radius 1 is 1.45 bits per heavy atom. The summed E-state index contributed by atoms with van der Waals surface area (Å²) in [4.78, 5) is 18.0. The highest BCUT2D eigenvalue weighted by molar-refractivity contribution is 5.68. The van der Waals surface area contributed by atoms with E-state index >= 15 is 0 Å². The Labute approximate surface area is 131 Å². The number of amides is 1. The first-order chi connectivity index (χ1) is 10.2. The first-order valence-corrected chi connectivity index (χ1v) is 7.65. The van der Waals surface area contributed by atoms with Gasteiger partial charge in [0.15, 0.2) is 5.82 Å². The fourth-order valence-electron chi connectivity index (χ4n) is 2.46. The normalized spacial score (nSPS) is 22.7. The number of aryl methyl sites for hydroxylation is 1. The molecule has 1 saturated heterocycles. The lowest BCUT2D eigenvalue weighted by atomic mass is 10.0. The number of ether oxygens (including phenoxy) is 2. The molecule has 1 fully saturated rings. The van der Waals surface area contributed by atoms with Gasteiger partial charge in [0.2, 0.25) is 5.89 Å². The number of likely N-dealkylation sites (tertiary alicyclic amines) is 1. The van der Waals surface area contributed by atoms with Gasteiger partial charge in [0.1, 0.15) is 12.2 Å². The minimum Gasteiger partial charge on any atom is -0.444 e. The van der Waals surface area contributed by atoms with Crippen LogP contribution in [0.25, 0.3) is 0 Å². The minimum atomic E-state index is -0.472. The Balaban J connectivity index is 1.80. The molecule has 0 unspecified atom stereocenters. The molecule has 1 aliphatic rings. The lowest BCUT2D eigenvalue weighted by Gasteiger charge is -2.38. The fourth-order valence-corrected chi connectivity index (χ4v) is 2.46. The molecule has 22 heavy (non-hydrogen) atoms. The van der Waals surface area contributed by atoms with E-state index in [1.165, 1.54) is 0 Å². The number of hydrogen-bond acceptors (Lipinski definition) is 6. The third-order valence-electron chi connectivity index (χ3n) is 3.47. The largest absolute Gasteiger partial charge is 0.444 e. The molecular formula is C15H25N3O4. The number of carbonyl (C=O) groups excluding carboxylic acids is 1. The van der Waals surface area contributed by atoms with Crippen molar-refractivity contribution >= 4 is 6.09 Å². The van der Waals surface area contributed by atoms with Crippen molar-refractivity contribution in [1.29, 1.82) is 0 Å². The molecule has 124 valence electrons. The molecule has 0 spiro atoms. The summed E-state index contributed by atoms with van der Waals surface area (Å²) >= 11 is 0. The predicted octanol–water partition coefficient (Wildman–Crippen LogP) is 2.68. The monoisotopic (exact) mass is 311 g/mol.